The molecule has 8 nitrogen and oxygen atoms in total. The molecule has 172 valence electrons. The molecule has 2 saturated heterocycles. The van der Waals surface area contributed by atoms with E-state index in [0.717, 1.165) is 69.7 Å². The Morgan fingerprint density at radius 1 is 1.00 bits per heavy atom. The van der Waals surface area contributed by atoms with E-state index in [0.29, 0.717) is 13.0 Å². The first kappa shape index (κ1) is 22.1. The van der Waals surface area contributed by atoms with Crippen molar-refractivity contribution < 1.29 is 14.3 Å². The minimum Gasteiger partial charge on any atom is -0.444 e. The monoisotopic (exact) mass is 431 g/mol. The zero-order chi connectivity index (χ0) is 22.2. The van der Waals surface area contributed by atoms with E-state index in [9.17, 15) is 9.59 Å². The second-order valence-electron chi connectivity index (χ2n) is 10.2. The zero-order valence-electron chi connectivity index (χ0n) is 19.5. The summed E-state index contributed by atoms with van der Waals surface area (Å²) in [5.74, 6) is 2.00. The molecule has 0 bridgehead atoms. The molecule has 1 aromatic heterocycles. The van der Waals surface area contributed by atoms with Gasteiger partial charge in [0, 0.05) is 32.1 Å². The maximum atomic E-state index is 13.8. The van der Waals surface area contributed by atoms with Gasteiger partial charge >= 0.3 is 6.09 Å². The Kier molecular flexibility index (Phi) is 6.26. The van der Waals surface area contributed by atoms with Crippen LogP contribution in [0.4, 0.5) is 4.79 Å². The normalized spacial score (nSPS) is 26.6. The Hall–Kier alpha value is -2.12. The minimum absolute atomic E-state index is 0.00585. The number of hydrogen-bond donors (Lipinski definition) is 0. The number of carbonyl (C=O) groups excluding carboxylic acids is 2. The summed E-state index contributed by atoms with van der Waals surface area (Å²) in [6.07, 6.45) is 7.45. The molecule has 1 aromatic rings. The van der Waals surface area contributed by atoms with Crippen LogP contribution in [0.5, 0.6) is 0 Å². The van der Waals surface area contributed by atoms with Crippen LogP contribution in [0.3, 0.4) is 0 Å². The van der Waals surface area contributed by atoms with Crippen molar-refractivity contribution in [1.82, 2.24) is 24.6 Å². The molecule has 0 unspecified atom stereocenters. The van der Waals surface area contributed by atoms with E-state index in [1.807, 2.05) is 25.7 Å². The van der Waals surface area contributed by atoms with Gasteiger partial charge < -0.3 is 19.1 Å². The Labute approximate surface area is 185 Å². The lowest BCUT2D eigenvalue weighted by atomic mass is 9.93. The average molecular weight is 432 g/mol. The number of aryl methyl sites for hydroxylation is 1. The van der Waals surface area contributed by atoms with Gasteiger partial charge in [0.25, 0.3) is 0 Å². The van der Waals surface area contributed by atoms with Crippen LogP contribution in [0, 0.1) is 5.92 Å². The van der Waals surface area contributed by atoms with Gasteiger partial charge in [-0.2, -0.15) is 0 Å². The molecular formula is C23H37N5O3. The first-order chi connectivity index (χ1) is 14.8. The van der Waals surface area contributed by atoms with E-state index in [1.54, 1.807) is 4.90 Å². The number of nitrogens with zero attached hydrogens (tertiary/aromatic N) is 5. The predicted octanol–water partition coefficient (Wildman–Crippen LogP) is 3.70. The average Bonchev–Trinajstić information content (AvgIpc) is 3.36. The highest BCUT2D eigenvalue weighted by Crippen LogP contribution is 2.36. The van der Waals surface area contributed by atoms with Crippen LogP contribution in [0.1, 0.15) is 90.3 Å². The number of likely N-dealkylation sites (tertiary alicyclic amines) is 2. The highest BCUT2D eigenvalue weighted by atomic mass is 16.6. The second kappa shape index (κ2) is 8.79. The molecule has 2 fully saturated rings. The van der Waals surface area contributed by atoms with Crippen LogP contribution in [0.25, 0.3) is 0 Å². The molecule has 3 atom stereocenters. The molecule has 8 heteroatoms. The van der Waals surface area contributed by atoms with E-state index in [4.69, 9.17) is 4.74 Å². The van der Waals surface area contributed by atoms with Crippen molar-refractivity contribution in [1.29, 1.82) is 0 Å². The van der Waals surface area contributed by atoms with Gasteiger partial charge in [-0.15, -0.1) is 10.2 Å². The number of aromatic nitrogens is 3. The molecule has 31 heavy (non-hydrogen) atoms. The summed E-state index contributed by atoms with van der Waals surface area (Å²) in [4.78, 5) is 30.3. The van der Waals surface area contributed by atoms with E-state index in [-0.39, 0.29) is 30.0 Å². The van der Waals surface area contributed by atoms with Gasteiger partial charge in [0.05, 0.1) is 12.0 Å². The lowest BCUT2D eigenvalue weighted by molar-refractivity contribution is -0.140. The van der Waals surface area contributed by atoms with Crippen LogP contribution >= 0.6 is 0 Å². The predicted molar refractivity (Wildman–Crippen MR) is 116 cm³/mol. The maximum absolute atomic E-state index is 13.8. The van der Waals surface area contributed by atoms with E-state index in [1.165, 1.54) is 0 Å². The van der Waals surface area contributed by atoms with Crippen molar-refractivity contribution >= 4 is 12.0 Å². The summed E-state index contributed by atoms with van der Waals surface area (Å²) in [7, 11) is 0. The second-order valence-corrected chi connectivity index (χ2v) is 10.2. The third-order valence-electron chi connectivity index (χ3n) is 6.88. The fraction of sp³-hybridized carbons (Fsp3) is 0.826. The van der Waals surface area contributed by atoms with Gasteiger partial charge in [0.15, 0.2) is 5.82 Å². The molecule has 0 aromatic carbocycles. The smallest absolute Gasteiger partial charge is 0.410 e. The SMILES string of the molecule is CC[C@@H]1[C@H](C(=O)N2CCCC[C@@H]2c2nnc3n2CCCC3)CCN1C(=O)OC(C)(C)C. The summed E-state index contributed by atoms with van der Waals surface area (Å²) >= 11 is 0. The third kappa shape index (κ3) is 4.44. The van der Waals surface area contributed by atoms with E-state index >= 15 is 0 Å². The number of piperidine rings is 1. The van der Waals surface area contributed by atoms with Gasteiger partial charge in [-0.1, -0.05) is 6.92 Å². The molecule has 0 N–H and O–H groups in total. The Bertz CT molecular complexity index is 815. The molecule has 0 aliphatic carbocycles. The van der Waals surface area contributed by atoms with Crippen molar-refractivity contribution in [3.8, 4) is 0 Å². The number of ether oxygens (including phenoxy) is 1. The molecule has 3 aliphatic rings. The van der Waals surface area contributed by atoms with Crippen LogP contribution in [0.15, 0.2) is 0 Å². The topological polar surface area (TPSA) is 80.6 Å². The summed E-state index contributed by atoms with van der Waals surface area (Å²) in [6.45, 7) is 9.96. The van der Waals surface area contributed by atoms with E-state index in [2.05, 4.69) is 21.7 Å². The largest absolute Gasteiger partial charge is 0.444 e. The zero-order valence-corrected chi connectivity index (χ0v) is 19.5. The summed E-state index contributed by atoms with van der Waals surface area (Å²) in [6, 6.07) is -0.120. The third-order valence-corrected chi connectivity index (χ3v) is 6.88. The van der Waals surface area contributed by atoms with Gasteiger partial charge in [-0.05, 0) is 65.7 Å². The molecule has 0 spiro atoms. The quantitative estimate of drug-likeness (QED) is 0.729. The first-order valence-corrected chi connectivity index (χ1v) is 12.0. The van der Waals surface area contributed by atoms with Gasteiger partial charge in [0.1, 0.15) is 11.4 Å². The number of fused-ring (bicyclic) bond motifs is 1. The number of amides is 2. The van der Waals surface area contributed by atoms with Crippen molar-refractivity contribution in [2.24, 2.45) is 5.92 Å². The van der Waals surface area contributed by atoms with Crippen LogP contribution < -0.4 is 0 Å². The lowest BCUT2D eigenvalue weighted by Crippen LogP contribution is -2.47. The van der Waals surface area contributed by atoms with Crippen molar-refractivity contribution in [3.63, 3.8) is 0 Å². The standard InChI is InChI=1S/C23H37N5O3/c1-5-17-16(12-15-27(17)22(30)31-23(2,3)4)21(29)26-13-8-6-10-18(26)20-25-24-19-11-7-9-14-28(19)20/h16-18H,5-15H2,1-4H3/t16-,17-,18-/m1/s1. The molecular weight excluding hydrogens is 394 g/mol. The van der Waals surface area contributed by atoms with Crippen molar-refractivity contribution in [3.05, 3.63) is 11.6 Å². The fourth-order valence-electron chi connectivity index (χ4n) is 5.45. The maximum Gasteiger partial charge on any atom is 0.410 e. The molecule has 2 amide bonds. The van der Waals surface area contributed by atoms with E-state index < -0.39 is 5.60 Å². The summed E-state index contributed by atoms with van der Waals surface area (Å²) in [5.41, 5.74) is -0.539. The minimum atomic E-state index is -0.539. The molecule has 4 rings (SSSR count). The van der Waals surface area contributed by atoms with Crippen LogP contribution in [-0.4, -0.2) is 61.3 Å². The molecule has 0 radical (unpaired) electrons. The van der Waals surface area contributed by atoms with Gasteiger partial charge in [-0.25, -0.2) is 4.79 Å². The molecule has 3 aliphatic heterocycles. The number of rotatable bonds is 3. The number of carbonyl (C=O) groups is 2. The Balaban J connectivity index is 1.53. The Morgan fingerprint density at radius 3 is 2.52 bits per heavy atom. The fourth-order valence-corrected chi connectivity index (χ4v) is 5.45. The van der Waals surface area contributed by atoms with Crippen LogP contribution in [0.2, 0.25) is 0 Å². The lowest BCUT2D eigenvalue weighted by Gasteiger charge is -2.38. The van der Waals surface area contributed by atoms with Crippen molar-refractivity contribution in [2.45, 2.75) is 103 Å². The first-order valence-electron chi connectivity index (χ1n) is 12.0. The molecule has 0 saturated carbocycles. The summed E-state index contributed by atoms with van der Waals surface area (Å²) in [5, 5.41) is 8.97. The highest BCUT2D eigenvalue weighted by molar-refractivity contribution is 5.82. The highest BCUT2D eigenvalue weighted by Gasteiger charge is 2.45. The Morgan fingerprint density at radius 2 is 1.77 bits per heavy atom. The summed E-state index contributed by atoms with van der Waals surface area (Å²) < 4.78 is 7.86. The van der Waals surface area contributed by atoms with Gasteiger partial charge in [-0.3, -0.25) is 4.79 Å². The van der Waals surface area contributed by atoms with Crippen LogP contribution in [-0.2, 0) is 22.5 Å². The van der Waals surface area contributed by atoms with Gasteiger partial charge in [0.2, 0.25) is 5.91 Å². The van der Waals surface area contributed by atoms with Crippen molar-refractivity contribution in [2.75, 3.05) is 13.1 Å². The number of hydrogen-bond acceptors (Lipinski definition) is 5. The molecule has 4 heterocycles.